The van der Waals surface area contributed by atoms with Crippen molar-refractivity contribution in [1.29, 1.82) is 0 Å². The van der Waals surface area contributed by atoms with Gasteiger partial charge in [-0.15, -0.1) is 5.11 Å². The van der Waals surface area contributed by atoms with Gasteiger partial charge in [0.25, 0.3) is 0 Å². The van der Waals surface area contributed by atoms with E-state index in [1.807, 2.05) is 30.3 Å². The van der Waals surface area contributed by atoms with E-state index < -0.39 is 0 Å². The molecule has 0 unspecified atom stereocenters. The standard InChI is InChI=1S/C18H12BrClN2O2/c19-12-10-16(20)18(23)17(11-12)22-21-13-6-8-15(9-7-13)24-14-4-2-1-3-5-14/h1-11,23H. The first-order valence-electron chi connectivity index (χ1n) is 7.04. The minimum absolute atomic E-state index is 0.104. The van der Waals surface area contributed by atoms with Crippen molar-refractivity contribution in [3.63, 3.8) is 0 Å². The fourth-order valence-electron chi connectivity index (χ4n) is 1.95. The summed E-state index contributed by atoms with van der Waals surface area (Å²) in [6.07, 6.45) is 0. The number of hydrogen-bond acceptors (Lipinski definition) is 4. The quantitative estimate of drug-likeness (QED) is 0.476. The summed E-state index contributed by atoms with van der Waals surface area (Å²) >= 11 is 9.20. The Hall–Kier alpha value is -2.37. The van der Waals surface area contributed by atoms with E-state index in [1.54, 1.807) is 36.4 Å². The van der Waals surface area contributed by atoms with E-state index in [0.717, 1.165) is 5.75 Å². The number of phenols is 1. The van der Waals surface area contributed by atoms with Crippen LogP contribution in [0.2, 0.25) is 5.02 Å². The SMILES string of the molecule is Oc1c(Cl)cc(Br)cc1N=Nc1ccc(Oc2ccccc2)cc1. The lowest BCUT2D eigenvalue weighted by atomic mass is 10.3. The highest BCUT2D eigenvalue weighted by molar-refractivity contribution is 9.10. The van der Waals surface area contributed by atoms with Crippen LogP contribution in [0.5, 0.6) is 17.2 Å². The Morgan fingerprint density at radius 1 is 0.875 bits per heavy atom. The number of phenolic OH excluding ortho intramolecular Hbond substituents is 1. The molecule has 0 fully saturated rings. The number of aromatic hydroxyl groups is 1. The summed E-state index contributed by atoms with van der Waals surface area (Å²) in [7, 11) is 0. The maximum absolute atomic E-state index is 9.88. The fraction of sp³-hybridized carbons (Fsp3) is 0. The number of benzene rings is 3. The molecule has 120 valence electrons. The zero-order valence-electron chi connectivity index (χ0n) is 12.4. The fourth-order valence-corrected chi connectivity index (χ4v) is 2.74. The second kappa shape index (κ2) is 7.47. The van der Waals surface area contributed by atoms with Crippen molar-refractivity contribution in [3.8, 4) is 17.2 Å². The zero-order valence-corrected chi connectivity index (χ0v) is 14.7. The van der Waals surface area contributed by atoms with Gasteiger partial charge in [0, 0.05) is 4.47 Å². The Kier molecular flexibility index (Phi) is 5.13. The lowest BCUT2D eigenvalue weighted by molar-refractivity contribution is 0.476. The van der Waals surface area contributed by atoms with Gasteiger partial charge in [0.2, 0.25) is 0 Å². The number of halogens is 2. The third kappa shape index (κ3) is 4.13. The molecule has 6 heteroatoms. The molecule has 0 atom stereocenters. The lowest BCUT2D eigenvalue weighted by Crippen LogP contribution is -1.82. The molecule has 0 aromatic heterocycles. The van der Waals surface area contributed by atoms with Crippen molar-refractivity contribution < 1.29 is 9.84 Å². The first kappa shape index (κ1) is 16.5. The molecule has 0 spiro atoms. The molecule has 0 saturated heterocycles. The number of nitrogens with zero attached hydrogens (tertiary/aromatic N) is 2. The van der Waals surface area contributed by atoms with E-state index in [1.165, 1.54) is 0 Å². The summed E-state index contributed by atoms with van der Waals surface area (Å²) in [5, 5.41) is 18.2. The van der Waals surface area contributed by atoms with Crippen molar-refractivity contribution in [2.24, 2.45) is 10.2 Å². The zero-order chi connectivity index (χ0) is 16.9. The highest BCUT2D eigenvalue weighted by atomic mass is 79.9. The smallest absolute Gasteiger partial charge is 0.161 e. The minimum Gasteiger partial charge on any atom is -0.504 e. The van der Waals surface area contributed by atoms with Crippen LogP contribution in [-0.2, 0) is 0 Å². The molecular weight excluding hydrogens is 392 g/mol. The van der Waals surface area contributed by atoms with Crippen molar-refractivity contribution in [2.75, 3.05) is 0 Å². The molecule has 0 radical (unpaired) electrons. The van der Waals surface area contributed by atoms with Crippen LogP contribution in [0.15, 0.2) is 81.4 Å². The van der Waals surface area contributed by atoms with E-state index in [2.05, 4.69) is 26.2 Å². The third-order valence-electron chi connectivity index (χ3n) is 3.10. The molecule has 3 aromatic carbocycles. The van der Waals surface area contributed by atoms with Crippen LogP contribution < -0.4 is 4.74 Å². The van der Waals surface area contributed by atoms with E-state index in [4.69, 9.17) is 16.3 Å². The van der Waals surface area contributed by atoms with Crippen molar-refractivity contribution >= 4 is 38.9 Å². The summed E-state index contributed by atoms with van der Waals surface area (Å²) < 4.78 is 6.42. The molecule has 3 aromatic rings. The van der Waals surface area contributed by atoms with Crippen LogP contribution in [-0.4, -0.2) is 5.11 Å². The first-order chi connectivity index (χ1) is 11.6. The van der Waals surface area contributed by atoms with Gasteiger partial charge in [0.05, 0.1) is 10.7 Å². The lowest BCUT2D eigenvalue weighted by Gasteiger charge is -2.05. The molecule has 0 heterocycles. The molecule has 0 aliphatic rings. The number of para-hydroxylation sites is 1. The number of rotatable bonds is 4. The highest BCUT2D eigenvalue weighted by Gasteiger charge is 2.07. The Bertz CT molecular complexity index is 868. The number of ether oxygens (including phenoxy) is 1. The summed E-state index contributed by atoms with van der Waals surface area (Å²) in [6, 6.07) is 19.9. The van der Waals surface area contributed by atoms with Gasteiger partial charge in [-0.2, -0.15) is 5.11 Å². The van der Waals surface area contributed by atoms with Crippen molar-refractivity contribution in [1.82, 2.24) is 0 Å². The third-order valence-corrected chi connectivity index (χ3v) is 3.84. The van der Waals surface area contributed by atoms with Gasteiger partial charge >= 0.3 is 0 Å². The largest absolute Gasteiger partial charge is 0.504 e. The average molecular weight is 404 g/mol. The molecule has 3 rings (SSSR count). The predicted octanol–water partition coefficient (Wildman–Crippen LogP) is 7.02. The van der Waals surface area contributed by atoms with Crippen LogP contribution in [0, 0.1) is 0 Å². The van der Waals surface area contributed by atoms with Gasteiger partial charge in [0.1, 0.15) is 17.2 Å². The first-order valence-corrected chi connectivity index (χ1v) is 8.21. The van der Waals surface area contributed by atoms with Gasteiger partial charge in [-0.3, -0.25) is 0 Å². The average Bonchev–Trinajstić information content (AvgIpc) is 2.59. The van der Waals surface area contributed by atoms with Crippen LogP contribution in [0.25, 0.3) is 0 Å². The summed E-state index contributed by atoms with van der Waals surface area (Å²) in [4.78, 5) is 0. The number of azo groups is 1. The summed E-state index contributed by atoms with van der Waals surface area (Å²) in [5.41, 5.74) is 0.921. The predicted molar refractivity (Wildman–Crippen MR) is 98.0 cm³/mol. The van der Waals surface area contributed by atoms with Crippen LogP contribution in [0.3, 0.4) is 0 Å². The normalized spacial score (nSPS) is 10.9. The van der Waals surface area contributed by atoms with Gasteiger partial charge in [-0.1, -0.05) is 45.7 Å². The second-order valence-corrected chi connectivity index (χ2v) is 6.19. The molecule has 0 bridgehead atoms. The van der Waals surface area contributed by atoms with Crippen LogP contribution in [0.4, 0.5) is 11.4 Å². The monoisotopic (exact) mass is 402 g/mol. The topological polar surface area (TPSA) is 54.2 Å². The Morgan fingerprint density at radius 2 is 1.54 bits per heavy atom. The second-order valence-electron chi connectivity index (χ2n) is 4.86. The molecule has 0 amide bonds. The van der Waals surface area contributed by atoms with Crippen molar-refractivity contribution in [3.05, 3.63) is 76.2 Å². The molecule has 0 aliphatic carbocycles. The van der Waals surface area contributed by atoms with Crippen molar-refractivity contribution in [2.45, 2.75) is 0 Å². The van der Waals surface area contributed by atoms with Crippen LogP contribution >= 0.6 is 27.5 Å². The van der Waals surface area contributed by atoms with E-state index >= 15 is 0 Å². The van der Waals surface area contributed by atoms with E-state index in [0.29, 0.717) is 21.6 Å². The maximum atomic E-state index is 9.88. The Labute approximate surface area is 152 Å². The van der Waals surface area contributed by atoms with Gasteiger partial charge < -0.3 is 9.84 Å². The highest BCUT2D eigenvalue weighted by Crippen LogP contribution is 2.38. The van der Waals surface area contributed by atoms with Gasteiger partial charge in [0.15, 0.2) is 5.75 Å². The van der Waals surface area contributed by atoms with E-state index in [9.17, 15) is 5.11 Å². The summed E-state index contributed by atoms with van der Waals surface area (Å²) in [6.45, 7) is 0. The molecule has 0 aliphatic heterocycles. The molecule has 4 nitrogen and oxygen atoms in total. The molecule has 0 saturated carbocycles. The Balaban J connectivity index is 1.75. The Morgan fingerprint density at radius 3 is 2.25 bits per heavy atom. The number of hydrogen-bond donors (Lipinski definition) is 1. The van der Waals surface area contributed by atoms with Crippen LogP contribution in [0.1, 0.15) is 0 Å². The van der Waals surface area contributed by atoms with Gasteiger partial charge in [-0.05, 0) is 48.5 Å². The van der Waals surface area contributed by atoms with Gasteiger partial charge in [-0.25, -0.2) is 0 Å². The molecule has 1 N–H and O–H groups in total. The van der Waals surface area contributed by atoms with E-state index in [-0.39, 0.29) is 10.8 Å². The molecule has 24 heavy (non-hydrogen) atoms. The minimum atomic E-state index is -0.104. The summed E-state index contributed by atoms with van der Waals surface area (Å²) in [5.74, 6) is 1.36. The maximum Gasteiger partial charge on any atom is 0.161 e. The molecular formula is C18H12BrClN2O2.